The van der Waals surface area contributed by atoms with Crippen molar-refractivity contribution >= 4 is 22.3 Å². The molecule has 0 radical (unpaired) electrons. The Morgan fingerprint density at radius 2 is 2.00 bits per heavy atom. The summed E-state index contributed by atoms with van der Waals surface area (Å²) in [5.74, 6) is 0. The van der Waals surface area contributed by atoms with E-state index in [1.165, 1.54) is 6.26 Å². The molecule has 0 spiro atoms. The molecule has 0 bridgehead atoms. The van der Waals surface area contributed by atoms with Gasteiger partial charge >= 0.3 is 6.18 Å². The molecule has 0 atom stereocenters. The molecule has 104 valence electrons. The number of hydrogen-bond donors (Lipinski definition) is 1. The molecule has 3 nitrogen and oxygen atoms in total. The number of alkyl halides is 3. The normalized spacial score (nSPS) is 12.2. The number of hydrogen-bond acceptors (Lipinski definition) is 4. The molecule has 2 aromatic heterocycles. The van der Waals surface area contributed by atoms with E-state index in [1.807, 2.05) is 0 Å². The summed E-state index contributed by atoms with van der Waals surface area (Å²) >= 11 is 0.943. The molecule has 0 aliphatic heterocycles. The first-order chi connectivity index (χ1) is 9.50. The molecule has 3 rings (SSSR count). The molecule has 7 heteroatoms. The van der Waals surface area contributed by atoms with Gasteiger partial charge in [-0.1, -0.05) is 18.2 Å². The van der Waals surface area contributed by atoms with Crippen LogP contribution in [0.3, 0.4) is 0 Å². The number of nitrogens with zero attached hydrogens (tertiary/aromatic N) is 1. The summed E-state index contributed by atoms with van der Waals surface area (Å²) in [7, 11) is 0. The topological polar surface area (TPSA) is 52.0 Å². The maximum absolute atomic E-state index is 12.9. The van der Waals surface area contributed by atoms with Gasteiger partial charge in [-0.05, 0) is 6.07 Å². The van der Waals surface area contributed by atoms with Gasteiger partial charge in [-0.25, -0.2) is 4.98 Å². The van der Waals surface area contributed by atoms with Crippen LogP contribution in [0.1, 0.15) is 10.6 Å². The van der Waals surface area contributed by atoms with Crippen molar-refractivity contribution in [2.45, 2.75) is 12.7 Å². The lowest BCUT2D eigenvalue weighted by Gasteiger charge is -2.03. The molecule has 0 fully saturated rings. The zero-order valence-corrected chi connectivity index (χ0v) is 10.9. The summed E-state index contributed by atoms with van der Waals surface area (Å²) in [6.45, 7) is -0.192. The number of para-hydroxylation sites is 1. The molecule has 0 saturated heterocycles. The fourth-order valence-electron chi connectivity index (χ4n) is 1.97. The van der Waals surface area contributed by atoms with Crippen LogP contribution >= 0.6 is 11.3 Å². The third kappa shape index (κ3) is 2.08. The summed E-state index contributed by atoms with van der Waals surface area (Å²) in [5, 5.41) is 1.00. The van der Waals surface area contributed by atoms with E-state index in [1.54, 1.807) is 24.3 Å². The number of nitrogens with two attached hydrogens (primary N) is 1. The van der Waals surface area contributed by atoms with Crippen molar-refractivity contribution in [3.8, 4) is 10.6 Å². The van der Waals surface area contributed by atoms with Crippen molar-refractivity contribution in [2.75, 3.05) is 0 Å². The van der Waals surface area contributed by atoms with Gasteiger partial charge in [-0.15, -0.1) is 11.3 Å². The van der Waals surface area contributed by atoms with Crippen molar-refractivity contribution in [1.82, 2.24) is 4.98 Å². The highest BCUT2D eigenvalue weighted by Gasteiger charge is 2.37. The van der Waals surface area contributed by atoms with Crippen molar-refractivity contribution in [1.29, 1.82) is 0 Å². The Bertz CT molecular complexity index is 760. The Labute approximate surface area is 115 Å². The fraction of sp³-hybridized carbons (Fsp3) is 0.154. The number of fused-ring (bicyclic) bond motifs is 1. The molecule has 0 amide bonds. The Morgan fingerprint density at radius 1 is 1.25 bits per heavy atom. The van der Waals surface area contributed by atoms with Crippen LogP contribution in [0.2, 0.25) is 0 Å². The summed E-state index contributed by atoms with van der Waals surface area (Å²) < 4.78 is 43.9. The highest BCUT2D eigenvalue weighted by Crippen LogP contribution is 2.39. The lowest BCUT2D eigenvalue weighted by Crippen LogP contribution is -2.10. The van der Waals surface area contributed by atoms with Gasteiger partial charge in [0.25, 0.3) is 0 Å². The molecule has 1 aromatic carbocycles. The predicted octanol–water partition coefficient (Wildman–Crippen LogP) is 4.03. The fourth-order valence-corrected chi connectivity index (χ4v) is 2.95. The van der Waals surface area contributed by atoms with Crippen LogP contribution in [0, 0.1) is 0 Å². The van der Waals surface area contributed by atoms with Crippen LogP contribution in [0.5, 0.6) is 0 Å². The molecule has 0 unspecified atom stereocenters. The number of rotatable bonds is 2. The van der Waals surface area contributed by atoms with Crippen LogP contribution in [0.4, 0.5) is 13.2 Å². The van der Waals surface area contributed by atoms with Crippen LogP contribution in [0.25, 0.3) is 21.5 Å². The van der Waals surface area contributed by atoms with E-state index in [9.17, 15) is 13.2 Å². The van der Waals surface area contributed by atoms with Crippen molar-refractivity contribution in [3.05, 3.63) is 41.1 Å². The minimum absolute atomic E-state index is 0.0257. The van der Waals surface area contributed by atoms with Gasteiger partial charge < -0.3 is 10.2 Å². The van der Waals surface area contributed by atoms with E-state index in [2.05, 4.69) is 4.98 Å². The second-order valence-corrected chi connectivity index (χ2v) is 5.22. The minimum Gasteiger partial charge on any atom is -0.464 e. The van der Waals surface area contributed by atoms with Crippen LogP contribution < -0.4 is 5.73 Å². The SMILES string of the molecule is NCc1sc(-c2coc3ccccc23)nc1C(F)(F)F. The van der Waals surface area contributed by atoms with Gasteiger partial charge in [0.1, 0.15) is 16.9 Å². The maximum atomic E-state index is 12.9. The van der Waals surface area contributed by atoms with E-state index < -0.39 is 11.9 Å². The smallest absolute Gasteiger partial charge is 0.434 e. The van der Waals surface area contributed by atoms with Gasteiger partial charge in [0.05, 0.1) is 10.4 Å². The number of furan rings is 1. The van der Waals surface area contributed by atoms with E-state index in [4.69, 9.17) is 10.2 Å². The summed E-state index contributed by atoms with van der Waals surface area (Å²) in [4.78, 5) is 3.72. The standard InChI is InChI=1S/C13H9F3N2OS/c14-13(15,16)11-10(5-17)20-12(18-11)8-6-19-9-4-2-1-3-7(8)9/h1-4,6H,5,17H2. The molecule has 0 aliphatic rings. The average molecular weight is 298 g/mol. The predicted molar refractivity (Wildman–Crippen MR) is 70.2 cm³/mol. The number of benzene rings is 1. The lowest BCUT2D eigenvalue weighted by molar-refractivity contribution is -0.141. The van der Waals surface area contributed by atoms with E-state index >= 15 is 0 Å². The Kier molecular flexibility index (Phi) is 3.02. The number of thiazole rings is 1. The van der Waals surface area contributed by atoms with Crippen LogP contribution in [0.15, 0.2) is 34.9 Å². The molecular weight excluding hydrogens is 289 g/mol. The molecule has 2 heterocycles. The molecule has 0 saturated carbocycles. The van der Waals surface area contributed by atoms with Crippen molar-refractivity contribution in [2.24, 2.45) is 5.73 Å². The van der Waals surface area contributed by atoms with E-state index in [-0.39, 0.29) is 16.4 Å². The third-order valence-corrected chi connectivity index (χ3v) is 3.97. The molecule has 0 aliphatic carbocycles. The monoisotopic (exact) mass is 298 g/mol. The summed E-state index contributed by atoms with van der Waals surface area (Å²) in [6, 6.07) is 7.12. The van der Waals surface area contributed by atoms with Gasteiger partial charge in [0.15, 0.2) is 5.69 Å². The number of aromatic nitrogens is 1. The Balaban J connectivity index is 2.18. The molecule has 20 heavy (non-hydrogen) atoms. The average Bonchev–Trinajstić information content (AvgIpc) is 3.01. The third-order valence-electron chi connectivity index (χ3n) is 2.86. The molecular formula is C13H9F3N2OS. The number of halogens is 3. The first-order valence-electron chi connectivity index (χ1n) is 5.74. The van der Waals surface area contributed by atoms with Gasteiger partial charge in [-0.2, -0.15) is 13.2 Å². The second kappa shape index (κ2) is 4.60. The molecule has 2 N–H and O–H groups in total. The highest BCUT2D eigenvalue weighted by molar-refractivity contribution is 7.15. The van der Waals surface area contributed by atoms with E-state index in [0.29, 0.717) is 11.1 Å². The maximum Gasteiger partial charge on any atom is 0.434 e. The van der Waals surface area contributed by atoms with Crippen molar-refractivity contribution in [3.63, 3.8) is 0 Å². The van der Waals surface area contributed by atoms with Gasteiger partial charge in [0, 0.05) is 11.9 Å². The van der Waals surface area contributed by atoms with Gasteiger partial charge in [0.2, 0.25) is 0 Å². The highest BCUT2D eigenvalue weighted by atomic mass is 32.1. The quantitative estimate of drug-likeness (QED) is 0.777. The molecule has 3 aromatic rings. The van der Waals surface area contributed by atoms with Crippen molar-refractivity contribution < 1.29 is 17.6 Å². The summed E-state index contributed by atoms with van der Waals surface area (Å²) in [6.07, 6.45) is -3.08. The first-order valence-corrected chi connectivity index (χ1v) is 6.56. The minimum atomic E-state index is -4.50. The Hall–Kier alpha value is -1.86. The van der Waals surface area contributed by atoms with Crippen LogP contribution in [-0.2, 0) is 12.7 Å². The zero-order chi connectivity index (χ0) is 14.3. The van der Waals surface area contributed by atoms with Gasteiger partial charge in [-0.3, -0.25) is 0 Å². The Morgan fingerprint density at radius 3 is 2.65 bits per heavy atom. The van der Waals surface area contributed by atoms with E-state index in [0.717, 1.165) is 16.7 Å². The second-order valence-electron chi connectivity index (χ2n) is 4.14. The zero-order valence-electron chi connectivity index (χ0n) is 10.1. The first kappa shape index (κ1) is 13.1. The summed E-state index contributed by atoms with van der Waals surface area (Å²) in [5.41, 5.74) is 5.63. The van der Waals surface area contributed by atoms with Crippen LogP contribution in [-0.4, -0.2) is 4.98 Å². The largest absolute Gasteiger partial charge is 0.464 e. The lowest BCUT2D eigenvalue weighted by atomic mass is 10.2.